The lowest BCUT2D eigenvalue weighted by molar-refractivity contribution is -0.127. The summed E-state index contributed by atoms with van der Waals surface area (Å²) in [4.78, 5) is 23.0. The zero-order valence-corrected chi connectivity index (χ0v) is 10.4. The molecule has 74 valence electrons. The predicted octanol–water partition coefficient (Wildman–Crippen LogP) is 2.33. The molecule has 2 atom stereocenters. The maximum Gasteiger partial charge on any atom is 0.141 e. The van der Waals surface area contributed by atoms with Crippen molar-refractivity contribution in [2.45, 2.75) is 19.3 Å². The Hall–Kier alpha value is 0.300. The SMILES string of the molecule is O=C1CCC(CBr)C(=O)C(CBr)C1. The number of hydrogen-bond acceptors (Lipinski definition) is 2. The van der Waals surface area contributed by atoms with Gasteiger partial charge in [0, 0.05) is 35.3 Å². The summed E-state index contributed by atoms with van der Waals surface area (Å²) in [5, 5.41) is 1.30. The second kappa shape index (κ2) is 5.25. The van der Waals surface area contributed by atoms with E-state index in [1.165, 1.54) is 0 Å². The van der Waals surface area contributed by atoms with Gasteiger partial charge in [-0.05, 0) is 6.42 Å². The van der Waals surface area contributed by atoms with E-state index in [0.717, 1.165) is 0 Å². The van der Waals surface area contributed by atoms with Crippen LogP contribution in [0.2, 0.25) is 0 Å². The Bertz CT molecular complexity index is 216. The molecule has 1 fully saturated rings. The molecule has 0 N–H and O–H groups in total. The number of rotatable bonds is 2. The van der Waals surface area contributed by atoms with Gasteiger partial charge in [-0.2, -0.15) is 0 Å². The normalized spacial score (nSPS) is 30.3. The van der Waals surface area contributed by atoms with E-state index in [2.05, 4.69) is 31.9 Å². The first-order valence-electron chi connectivity index (χ1n) is 4.36. The monoisotopic (exact) mass is 310 g/mol. The fraction of sp³-hybridized carbons (Fsp3) is 0.778. The molecule has 0 aromatic rings. The molecule has 1 aliphatic carbocycles. The topological polar surface area (TPSA) is 34.1 Å². The zero-order valence-electron chi connectivity index (χ0n) is 7.26. The highest BCUT2D eigenvalue weighted by molar-refractivity contribution is 9.09. The average molecular weight is 312 g/mol. The van der Waals surface area contributed by atoms with Gasteiger partial charge in [-0.15, -0.1) is 0 Å². The number of carbonyl (C=O) groups excluding carboxylic acids is 2. The molecule has 0 saturated heterocycles. The first kappa shape index (κ1) is 11.4. The van der Waals surface area contributed by atoms with E-state index in [4.69, 9.17) is 0 Å². The van der Waals surface area contributed by atoms with Crippen LogP contribution in [-0.4, -0.2) is 22.2 Å². The number of ketones is 2. The summed E-state index contributed by atoms with van der Waals surface area (Å²) in [7, 11) is 0. The van der Waals surface area contributed by atoms with Crippen molar-refractivity contribution >= 4 is 43.4 Å². The molecule has 0 radical (unpaired) electrons. The molecule has 1 aliphatic rings. The molecule has 2 unspecified atom stereocenters. The molecular formula is C9H12Br2O2. The number of Topliss-reactive ketones (excluding diaryl/α,β-unsaturated/α-hetero) is 2. The van der Waals surface area contributed by atoms with Crippen LogP contribution in [0.3, 0.4) is 0 Å². The Morgan fingerprint density at radius 2 is 1.77 bits per heavy atom. The second-order valence-electron chi connectivity index (χ2n) is 3.39. The highest BCUT2D eigenvalue weighted by Crippen LogP contribution is 2.25. The highest BCUT2D eigenvalue weighted by atomic mass is 79.9. The number of halogens is 2. The Labute approximate surface area is 94.7 Å². The first-order valence-corrected chi connectivity index (χ1v) is 6.60. The first-order chi connectivity index (χ1) is 6.19. The Kier molecular flexibility index (Phi) is 4.59. The summed E-state index contributed by atoms with van der Waals surface area (Å²) < 4.78 is 0. The van der Waals surface area contributed by atoms with Crippen molar-refractivity contribution in [2.24, 2.45) is 11.8 Å². The van der Waals surface area contributed by atoms with E-state index >= 15 is 0 Å². The maximum atomic E-state index is 11.7. The van der Waals surface area contributed by atoms with Crippen LogP contribution in [0.4, 0.5) is 0 Å². The van der Waals surface area contributed by atoms with E-state index in [-0.39, 0.29) is 23.4 Å². The minimum atomic E-state index is -0.0995. The molecule has 13 heavy (non-hydrogen) atoms. The van der Waals surface area contributed by atoms with E-state index in [1.54, 1.807) is 0 Å². The van der Waals surface area contributed by atoms with Gasteiger partial charge >= 0.3 is 0 Å². The average Bonchev–Trinajstić information content (AvgIpc) is 2.26. The van der Waals surface area contributed by atoms with Gasteiger partial charge in [-0.1, -0.05) is 31.9 Å². The van der Waals surface area contributed by atoms with Crippen molar-refractivity contribution < 1.29 is 9.59 Å². The quantitative estimate of drug-likeness (QED) is 0.579. The van der Waals surface area contributed by atoms with Crippen LogP contribution in [0.5, 0.6) is 0 Å². The van der Waals surface area contributed by atoms with Crippen molar-refractivity contribution in [3.63, 3.8) is 0 Å². The van der Waals surface area contributed by atoms with E-state index in [9.17, 15) is 9.59 Å². The Morgan fingerprint density at radius 3 is 2.31 bits per heavy atom. The van der Waals surface area contributed by atoms with Crippen LogP contribution in [0, 0.1) is 11.8 Å². The lowest BCUT2D eigenvalue weighted by atomic mass is 9.94. The van der Waals surface area contributed by atoms with Gasteiger partial charge in [0.25, 0.3) is 0 Å². The van der Waals surface area contributed by atoms with E-state index in [1.807, 2.05) is 0 Å². The predicted molar refractivity (Wildman–Crippen MR) is 58.4 cm³/mol. The van der Waals surface area contributed by atoms with Crippen LogP contribution in [-0.2, 0) is 9.59 Å². The summed E-state index contributed by atoms with van der Waals surface area (Å²) in [6, 6.07) is 0. The molecule has 0 aromatic heterocycles. The summed E-state index contributed by atoms with van der Waals surface area (Å²) in [6.07, 6.45) is 1.70. The molecule has 0 aromatic carbocycles. The Balaban J connectivity index is 2.72. The summed E-state index contributed by atoms with van der Waals surface area (Å²) in [6.45, 7) is 0. The van der Waals surface area contributed by atoms with Gasteiger partial charge in [0.05, 0.1) is 0 Å². The third-order valence-corrected chi connectivity index (χ3v) is 3.99. The van der Waals surface area contributed by atoms with Crippen molar-refractivity contribution in [2.75, 3.05) is 10.7 Å². The molecule has 0 amide bonds. The lowest BCUT2D eigenvalue weighted by Crippen LogP contribution is -2.24. The third kappa shape index (κ3) is 2.88. The van der Waals surface area contributed by atoms with Crippen LogP contribution >= 0.6 is 31.9 Å². The molecule has 0 bridgehead atoms. The van der Waals surface area contributed by atoms with Gasteiger partial charge < -0.3 is 0 Å². The summed E-state index contributed by atoms with van der Waals surface area (Å²) in [5.41, 5.74) is 0. The van der Waals surface area contributed by atoms with Gasteiger partial charge in [0.15, 0.2) is 0 Å². The molecule has 0 aliphatic heterocycles. The minimum Gasteiger partial charge on any atom is -0.300 e. The van der Waals surface area contributed by atoms with Crippen molar-refractivity contribution in [3.05, 3.63) is 0 Å². The molecule has 2 nitrogen and oxygen atoms in total. The van der Waals surface area contributed by atoms with E-state index < -0.39 is 0 Å². The molecule has 1 saturated carbocycles. The molecule has 1 rings (SSSR count). The van der Waals surface area contributed by atoms with Crippen LogP contribution < -0.4 is 0 Å². The fourth-order valence-corrected chi connectivity index (χ4v) is 2.76. The number of hydrogen-bond donors (Lipinski definition) is 0. The van der Waals surface area contributed by atoms with Crippen molar-refractivity contribution in [1.82, 2.24) is 0 Å². The molecule has 4 heteroatoms. The largest absolute Gasteiger partial charge is 0.300 e. The maximum absolute atomic E-state index is 11.7. The minimum absolute atomic E-state index is 0.0361. The molecule has 0 spiro atoms. The standard InChI is InChI=1S/C9H12Br2O2/c10-4-6-1-2-8(12)3-7(5-11)9(6)13/h6-7H,1-5H2. The zero-order chi connectivity index (χ0) is 9.84. The van der Waals surface area contributed by atoms with Gasteiger partial charge in [0.1, 0.15) is 11.6 Å². The summed E-state index contributed by atoms with van der Waals surface area (Å²) >= 11 is 6.60. The summed E-state index contributed by atoms with van der Waals surface area (Å²) in [5.74, 6) is 0.396. The van der Waals surface area contributed by atoms with Gasteiger partial charge in [-0.25, -0.2) is 0 Å². The smallest absolute Gasteiger partial charge is 0.141 e. The van der Waals surface area contributed by atoms with Crippen LogP contribution in [0.1, 0.15) is 19.3 Å². The lowest BCUT2D eigenvalue weighted by Gasteiger charge is -2.13. The highest BCUT2D eigenvalue weighted by Gasteiger charge is 2.30. The molecular weight excluding hydrogens is 300 g/mol. The van der Waals surface area contributed by atoms with Gasteiger partial charge in [-0.3, -0.25) is 9.59 Å². The van der Waals surface area contributed by atoms with Crippen LogP contribution in [0.15, 0.2) is 0 Å². The van der Waals surface area contributed by atoms with Crippen molar-refractivity contribution in [3.8, 4) is 0 Å². The Morgan fingerprint density at radius 1 is 1.15 bits per heavy atom. The number of carbonyl (C=O) groups is 2. The van der Waals surface area contributed by atoms with Crippen LogP contribution in [0.25, 0.3) is 0 Å². The number of alkyl halides is 2. The molecule has 0 heterocycles. The third-order valence-electron chi connectivity index (χ3n) is 2.42. The van der Waals surface area contributed by atoms with Gasteiger partial charge in [0.2, 0.25) is 0 Å². The van der Waals surface area contributed by atoms with E-state index in [0.29, 0.717) is 29.9 Å². The second-order valence-corrected chi connectivity index (χ2v) is 4.68. The fourth-order valence-electron chi connectivity index (χ4n) is 1.57. The van der Waals surface area contributed by atoms with Crippen molar-refractivity contribution in [1.29, 1.82) is 0 Å².